The monoisotopic (exact) mass is 390 g/mol. The molecular formula is C21H22N6O2. The lowest BCUT2D eigenvalue weighted by molar-refractivity contribution is -0.121. The number of hydrogen-bond acceptors (Lipinski definition) is 4. The van der Waals surface area contributed by atoms with Gasteiger partial charge in [0.25, 0.3) is 0 Å². The Morgan fingerprint density at radius 3 is 2.55 bits per heavy atom. The van der Waals surface area contributed by atoms with Crippen molar-refractivity contribution >= 4 is 16.9 Å². The number of aromatic nitrogens is 5. The van der Waals surface area contributed by atoms with Crippen LogP contribution in [0.15, 0.2) is 65.8 Å². The van der Waals surface area contributed by atoms with Crippen LogP contribution in [-0.4, -0.2) is 29.8 Å². The normalized spacial score (nSPS) is 11.1. The Morgan fingerprint density at radius 1 is 1.03 bits per heavy atom. The van der Waals surface area contributed by atoms with Crippen molar-refractivity contribution in [1.82, 2.24) is 29.2 Å². The van der Waals surface area contributed by atoms with E-state index in [0.29, 0.717) is 25.5 Å². The molecule has 4 aromatic rings. The van der Waals surface area contributed by atoms with Gasteiger partial charge in [0.1, 0.15) is 0 Å². The molecule has 0 radical (unpaired) electrons. The molecule has 0 saturated carbocycles. The van der Waals surface area contributed by atoms with Gasteiger partial charge in [-0.15, -0.1) is 0 Å². The summed E-state index contributed by atoms with van der Waals surface area (Å²) in [5, 5.41) is 7.12. The van der Waals surface area contributed by atoms with Gasteiger partial charge in [-0.25, -0.2) is 14.5 Å². The molecule has 4 rings (SSSR count). The minimum absolute atomic E-state index is 0.0882. The smallest absolute Gasteiger partial charge is 0.329 e. The largest absolute Gasteiger partial charge is 0.352 e. The molecule has 0 unspecified atom stereocenters. The molecular weight excluding hydrogens is 368 g/mol. The van der Waals surface area contributed by atoms with E-state index in [9.17, 15) is 9.59 Å². The van der Waals surface area contributed by atoms with E-state index in [1.807, 2.05) is 55.6 Å². The van der Waals surface area contributed by atoms with Crippen LogP contribution in [0.1, 0.15) is 18.9 Å². The van der Waals surface area contributed by atoms with Gasteiger partial charge in [-0.1, -0.05) is 18.2 Å². The van der Waals surface area contributed by atoms with Gasteiger partial charge in [0, 0.05) is 50.2 Å². The van der Waals surface area contributed by atoms with Crippen LogP contribution < -0.4 is 11.0 Å². The topological polar surface area (TPSA) is 86.7 Å². The van der Waals surface area contributed by atoms with Crippen molar-refractivity contribution in [3.63, 3.8) is 0 Å². The summed E-state index contributed by atoms with van der Waals surface area (Å²) in [6.07, 6.45) is 5.40. The summed E-state index contributed by atoms with van der Waals surface area (Å²) in [5.74, 6) is 0.556. The predicted molar refractivity (Wildman–Crippen MR) is 110 cm³/mol. The highest BCUT2D eigenvalue weighted by molar-refractivity contribution is 5.78. The fraction of sp³-hybridized carbons (Fsp3) is 0.238. The summed E-state index contributed by atoms with van der Waals surface area (Å²) in [6, 6.07) is 13.2. The first-order valence-electron chi connectivity index (χ1n) is 9.57. The number of amides is 1. The maximum atomic E-state index is 12.7. The molecule has 3 heterocycles. The highest BCUT2D eigenvalue weighted by Gasteiger charge is 2.13. The Balaban J connectivity index is 1.44. The minimum atomic E-state index is -0.125. The molecule has 0 bridgehead atoms. The molecule has 1 aromatic carbocycles. The number of benzene rings is 1. The molecule has 29 heavy (non-hydrogen) atoms. The Labute approximate surface area is 167 Å². The number of rotatable bonds is 7. The van der Waals surface area contributed by atoms with E-state index in [4.69, 9.17) is 0 Å². The number of carbonyl (C=O) groups is 1. The van der Waals surface area contributed by atoms with E-state index in [1.54, 1.807) is 26.2 Å². The third-order valence-corrected chi connectivity index (χ3v) is 4.87. The first kappa shape index (κ1) is 18.7. The molecule has 1 N–H and O–H groups in total. The van der Waals surface area contributed by atoms with Crippen molar-refractivity contribution in [3.8, 4) is 5.82 Å². The van der Waals surface area contributed by atoms with Crippen molar-refractivity contribution in [1.29, 1.82) is 0 Å². The molecule has 8 nitrogen and oxygen atoms in total. The van der Waals surface area contributed by atoms with Crippen LogP contribution in [0.4, 0.5) is 0 Å². The van der Waals surface area contributed by atoms with Crippen LogP contribution >= 0.6 is 0 Å². The van der Waals surface area contributed by atoms with E-state index in [0.717, 1.165) is 16.6 Å². The fourth-order valence-corrected chi connectivity index (χ4v) is 3.46. The van der Waals surface area contributed by atoms with E-state index in [-0.39, 0.29) is 18.0 Å². The van der Waals surface area contributed by atoms with Crippen LogP contribution in [0.3, 0.4) is 0 Å². The molecule has 0 fully saturated rings. The quantitative estimate of drug-likeness (QED) is 0.524. The van der Waals surface area contributed by atoms with Crippen molar-refractivity contribution in [3.05, 3.63) is 77.1 Å². The van der Waals surface area contributed by atoms with Crippen LogP contribution in [0.5, 0.6) is 0 Å². The van der Waals surface area contributed by atoms with Gasteiger partial charge < -0.3 is 5.32 Å². The number of nitrogens with one attached hydrogen (secondary N) is 1. The van der Waals surface area contributed by atoms with Crippen molar-refractivity contribution in [2.24, 2.45) is 0 Å². The zero-order valence-electron chi connectivity index (χ0n) is 16.2. The number of fused-ring (bicyclic) bond motifs is 1. The third-order valence-electron chi connectivity index (χ3n) is 4.87. The van der Waals surface area contributed by atoms with Crippen LogP contribution in [-0.2, 0) is 24.4 Å². The molecule has 148 valence electrons. The molecule has 0 aliphatic heterocycles. The Morgan fingerprint density at radius 2 is 1.83 bits per heavy atom. The van der Waals surface area contributed by atoms with E-state index >= 15 is 0 Å². The summed E-state index contributed by atoms with van der Waals surface area (Å²) >= 11 is 0. The molecule has 0 aliphatic carbocycles. The standard InChI is InChI=1S/C21H22N6O2/c1-2-25-17-8-3-4-9-18(17)26(21(25)29)14-10-19(28)23-15-16-7-5-11-22-20(16)27-13-6-12-24-27/h3-9,11-13H,2,10,14-15H2,1H3,(H,23,28). The maximum Gasteiger partial charge on any atom is 0.329 e. The Kier molecular flexibility index (Phi) is 5.24. The third kappa shape index (κ3) is 3.69. The van der Waals surface area contributed by atoms with Crippen LogP contribution in [0.2, 0.25) is 0 Å². The van der Waals surface area contributed by atoms with Crippen molar-refractivity contribution in [2.75, 3.05) is 0 Å². The molecule has 1 amide bonds. The second-order valence-electron chi connectivity index (χ2n) is 6.63. The van der Waals surface area contributed by atoms with Gasteiger partial charge in [-0.2, -0.15) is 5.10 Å². The summed E-state index contributed by atoms with van der Waals surface area (Å²) in [6.45, 7) is 3.20. The first-order valence-corrected chi connectivity index (χ1v) is 9.57. The second kappa shape index (κ2) is 8.14. The summed E-state index contributed by atoms with van der Waals surface area (Å²) in [5.41, 5.74) is 2.51. The summed E-state index contributed by atoms with van der Waals surface area (Å²) < 4.78 is 5.05. The van der Waals surface area contributed by atoms with E-state index < -0.39 is 0 Å². The van der Waals surface area contributed by atoms with Crippen molar-refractivity contribution in [2.45, 2.75) is 33.0 Å². The van der Waals surface area contributed by atoms with Gasteiger partial charge >= 0.3 is 5.69 Å². The molecule has 0 spiro atoms. The lowest BCUT2D eigenvalue weighted by Crippen LogP contribution is -2.28. The Bertz CT molecular complexity index is 1190. The fourth-order valence-electron chi connectivity index (χ4n) is 3.46. The van der Waals surface area contributed by atoms with Gasteiger partial charge in [0.05, 0.1) is 11.0 Å². The molecule has 0 aliphatic rings. The number of pyridine rings is 1. The number of carbonyl (C=O) groups excluding carboxylic acids is 1. The predicted octanol–water partition coefficient (Wildman–Crippen LogP) is 2.11. The zero-order valence-corrected chi connectivity index (χ0v) is 16.2. The average molecular weight is 390 g/mol. The first-order chi connectivity index (χ1) is 14.2. The number of aryl methyl sites for hydroxylation is 2. The van der Waals surface area contributed by atoms with Gasteiger partial charge in [-0.05, 0) is 31.2 Å². The van der Waals surface area contributed by atoms with Crippen LogP contribution in [0.25, 0.3) is 16.9 Å². The number of nitrogens with zero attached hydrogens (tertiary/aromatic N) is 5. The molecule has 3 aromatic heterocycles. The number of hydrogen-bond donors (Lipinski definition) is 1. The van der Waals surface area contributed by atoms with Gasteiger partial charge in [0.2, 0.25) is 5.91 Å². The number of para-hydroxylation sites is 2. The van der Waals surface area contributed by atoms with Gasteiger partial charge in [0.15, 0.2) is 5.82 Å². The second-order valence-corrected chi connectivity index (χ2v) is 6.63. The highest BCUT2D eigenvalue weighted by Crippen LogP contribution is 2.13. The minimum Gasteiger partial charge on any atom is -0.352 e. The number of imidazole rings is 1. The lowest BCUT2D eigenvalue weighted by atomic mass is 10.2. The van der Waals surface area contributed by atoms with Crippen molar-refractivity contribution < 1.29 is 4.79 Å². The van der Waals surface area contributed by atoms with E-state index in [2.05, 4.69) is 15.4 Å². The summed E-state index contributed by atoms with van der Waals surface area (Å²) in [7, 11) is 0. The molecule has 8 heteroatoms. The highest BCUT2D eigenvalue weighted by atomic mass is 16.2. The average Bonchev–Trinajstić information content (AvgIpc) is 3.37. The molecule has 0 atom stereocenters. The maximum absolute atomic E-state index is 12.7. The lowest BCUT2D eigenvalue weighted by Gasteiger charge is -2.10. The van der Waals surface area contributed by atoms with E-state index in [1.165, 1.54) is 0 Å². The van der Waals surface area contributed by atoms with Gasteiger partial charge in [-0.3, -0.25) is 13.9 Å². The SMILES string of the molecule is CCn1c(=O)n(CCC(=O)NCc2cccnc2-n2cccn2)c2ccccc21. The zero-order chi connectivity index (χ0) is 20.2. The molecule has 0 saturated heterocycles. The summed E-state index contributed by atoms with van der Waals surface area (Å²) in [4.78, 5) is 29.5. The van der Waals surface area contributed by atoms with Crippen LogP contribution in [0, 0.1) is 0 Å². The Hall–Kier alpha value is -3.68.